The van der Waals surface area contributed by atoms with Crippen LogP contribution in [0.25, 0.3) is 32.9 Å². The lowest BCUT2D eigenvalue weighted by Crippen LogP contribution is -2.43. The van der Waals surface area contributed by atoms with Crippen molar-refractivity contribution in [3.05, 3.63) is 53.5 Å². The highest BCUT2D eigenvalue weighted by Crippen LogP contribution is 2.45. The van der Waals surface area contributed by atoms with Crippen molar-refractivity contribution >= 4 is 27.5 Å². The lowest BCUT2D eigenvalue weighted by Gasteiger charge is -2.31. The number of fused-ring (bicyclic) bond motifs is 4. The largest absolute Gasteiger partial charge is 0.461 e. The number of ether oxygens (including phenoxy) is 2. The fourth-order valence-corrected chi connectivity index (χ4v) is 7.43. The van der Waals surface area contributed by atoms with E-state index in [-0.39, 0.29) is 54.4 Å². The molecule has 8 rings (SSSR count). The van der Waals surface area contributed by atoms with E-state index < -0.39 is 42.3 Å². The van der Waals surface area contributed by atoms with E-state index in [1.54, 1.807) is 21.9 Å². The van der Waals surface area contributed by atoms with Crippen LogP contribution in [0.3, 0.4) is 0 Å². The Balaban J connectivity index is 1.31. The number of benzene rings is 2. The monoisotopic (exact) mass is 601 g/mol. The third-order valence-corrected chi connectivity index (χ3v) is 9.68. The predicted octanol–water partition coefficient (Wildman–Crippen LogP) is 5.40. The van der Waals surface area contributed by atoms with Crippen molar-refractivity contribution < 1.29 is 25.4 Å². The van der Waals surface area contributed by atoms with Gasteiger partial charge in [-0.3, -0.25) is 9.88 Å². The molecule has 4 aromatic rings. The van der Waals surface area contributed by atoms with Crippen molar-refractivity contribution in [1.29, 1.82) is 0 Å². The molecule has 0 radical (unpaired) electrons. The first-order chi connectivity index (χ1) is 22.1. The van der Waals surface area contributed by atoms with Crippen molar-refractivity contribution in [3.8, 4) is 29.6 Å². The van der Waals surface area contributed by atoms with E-state index in [1.165, 1.54) is 6.20 Å². The molecule has 44 heavy (non-hydrogen) atoms. The van der Waals surface area contributed by atoms with Gasteiger partial charge in [0.25, 0.3) is 0 Å². The van der Waals surface area contributed by atoms with Crippen molar-refractivity contribution in [3.63, 3.8) is 0 Å². The Labute approximate surface area is 256 Å². The molecule has 5 heterocycles. The summed E-state index contributed by atoms with van der Waals surface area (Å²) in [5, 5.41) is 1.72. The Bertz CT molecular complexity index is 1940. The fourth-order valence-electron chi connectivity index (χ4n) is 7.43. The lowest BCUT2D eigenvalue weighted by atomic mass is 9.94. The molecule has 0 bridgehead atoms. The number of hydrogen-bond acceptors (Lipinski definition) is 7. The number of pyridine rings is 1. The number of aryl methyl sites for hydroxylation is 1. The first kappa shape index (κ1) is 25.4. The number of aromatic nitrogens is 3. The Hall–Kier alpha value is -3.94. The minimum atomic E-state index is -2.40. The summed E-state index contributed by atoms with van der Waals surface area (Å²) < 4.78 is 76.1. The Morgan fingerprint density at radius 1 is 1.23 bits per heavy atom. The third-order valence-electron chi connectivity index (χ3n) is 9.68. The highest BCUT2D eigenvalue weighted by Gasteiger charge is 2.56. The maximum absolute atomic E-state index is 16.9. The van der Waals surface area contributed by atoms with Gasteiger partial charge in [-0.2, -0.15) is 9.97 Å². The van der Waals surface area contributed by atoms with Crippen molar-refractivity contribution in [2.24, 2.45) is 5.92 Å². The van der Waals surface area contributed by atoms with Crippen molar-refractivity contribution in [1.82, 2.24) is 19.9 Å². The smallest absolute Gasteiger partial charge is 0.319 e. The molecule has 2 aromatic heterocycles. The van der Waals surface area contributed by atoms with Crippen LogP contribution in [-0.2, 0) is 4.74 Å². The molecule has 4 fully saturated rings. The lowest BCUT2D eigenvalue weighted by molar-refractivity contribution is 0.107. The van der Waals surface area contributed by atoms with E-state index in [4.69, 9.17) is 18.6 Å². The van der Waals surface area contributed by atoms with Gasteiger partial charge in [-0.15, -0.1) is 6.42 Å². The SMILES string of the molecule is [2H]C([2H])(Oc1nc(N2CCOC[C@H]3[C@H](F)[C@H]32)c2cnc(-c3cccc4ccc(C)c(C#C)c34)c(F)c2n1)[C@@]12CCCN1C[C@H](F)C2. The first-order valence-corrected chi connectivity index (χ1v) is 15.1. The van der Waals surface area contributed by atoms with Crippen molar-refractivity contribution in [2.45, 2.75) is 50.1 Å². The molecule has 1 saturated carbocycles. The number of terminal acetylenes is 1. The van der Waals surface area contributed by atoms with E-state index in [9.17, 15) is 8.78 Å². The average Bonchev–Trinajstić information content (AvgIpc) is 3.39. The van der Waals surface area contributed by atoms with E-state index in [1.807, 2.05) is 25.1 Å². The molecule has 0 unspecified atom stereocenters. The second kappa shape index (κ2) is 10.3. The first-order valence-electron chi connectivity index (χ1n) is 16.1. The normalized spacial score (nSPS) is 29.1. The van der Waals surface area contributed by atoms with Crippen LogP contribution in [0, 0.1) is 31.0 Å². The van der Waals surface area contributed by atoms with E-state index in [0.717, 1.165) is 10.9 Å². The van der Waals surface area contributed by atoms with Gasteiger partial charge in [0.2, 0.25) is 0 Å². The maximum atomic E-state index is 16.9. The Kier molecular flexibility index (Phi) is 5.95. The minimum Gasteiger partial charge on any atom is -0.461 e. The summed E-state index contributed by atoms with van der Waals surface area (Å²) in [6.07, 6.45) is 6.07. The summed E-state index contributed by atoms with van der Waals surface area (Å²) in [6, 6.07) is 8.31. The quantitative estimate of drug-likeness (QED) is 0.284. The average molecular weight is 602 g/mol. The van der Waals surface area contributed by atoms with Crippen LogP contribution in [0.1, 0.15) is 33.1 Å². The zero-order valence-electron chi connectivity index (χ0n) is 26.2. The molecular weight excluding hydrogens is 567 g/mol. The molecule has 0 amide bonds. The van der Waals surface area contributed by atoms with Gasteiger partial charge < -0.3 is 14.4 Å². The van der Waals surface area contributed by atoms with Gasteiger partial charge in [0.1, 0.15) is 35.9 Å². The Morgan fingerprint density at radius 2 is 2.11 bits per heavy atom. The molecule has 5 atom stereocenters. The summed E-state index contributed by atoms with van der Waals surface area (Å²) in [7, 11) is 0. The van der Waals surface area contributed by atoms with Gasteiger partial charge in [-0.1, -0.05) is 36.3 Å². The summed E-state index contributed by atoms with van der Waals surface area (Å²) in [5.74, 6) is 1.78. The zero-order chi connectivity index (χ0) is 32.0. The number of nitrogens with zero attached hydrogens (tertiary/aromatic N) is 5. The minimum absolute atomic E-state index is 0.00213. The summed E-state index contributed by atoms with van der Waals surface area (Å²) in [6.45, 7) is 0.999. The highest BCUT2D eigenvalue weighted by atomic mass is 19.1. The van der Waals surface area contributed by atoms with Crippen LogP contribution >= 0.6 is 0 Å². The van der Waals surface area contributed by atoms with Crippen LogP contribution in [0.2, 0.25) is 0 Å². The third kappa shape index (κ3) is 4.24. The number of alkyl halides is 2. The summed E-state index contributed by atoms with van der Waals surface area (Å²) >= 11 is 0. The number of rotatable bonds is 5. The van der Waals surface area contributed by atoms with Crippen LogP contribution in [0.15, 0.2) is 36.5 Å². The van der Waals surface area contributed by atoms with Gasteiger partial charge in [0, 0.05) is 48.1 Å². The van der Waals surface area contributed by atoms with Crippen LogP contribution < -0.4 is 9.64 Å². The molecule has 0 spiro atoms. The van der Waals surface area contributed by atoms with Gasteiger partial charge in [0.15, 0.2) is 5.82 Å². The second-order valence-corrected chi connectivity index (χ2v) is 12.3. The molecule has 3 saturated heterocycles. The number of hydrogen-bond donors (Lipinski definition) is 0. The number of anilines is 1. The summed E-state index contributed by atoms with van der Waals surface area (Å²) in [4.78, 5) is 17.1. The van der Waals surface area contributed by atoms with Gasteiger partial charge in [0.05, 0.1) is 32.9 Å². The highest BCUT2D eigenvalue weighted by molar-refractivity contribution is 6.02. The van der Waals surface area contributed by atoms with E-state index in [2.05, 4.69) is 20.9 Å². The van der Waals surface area contributed by atoms with Crippen LogP contribution in [0.5, 0.6) is 6.01 Å². The van der Waals surface area contributed by atoms with Crippen molar-refractivity contribution in [2.75, 3.05) is 44.3 Å². The van der Waals surface area contributed by atoms with Gasteiger partial charge >= 0.3 is 6.01 Å². The standard InChI is InChI=1S/C34H32F3N5O2/c1-3-22-19(2)8-9-20-6-4-7-23(26(20)22)29-28(37)30-24(15-38-29)32(42-12-13-43-17-25-27(36)31(25)42)40-33(39-30)44-18-34-10-5-11-41(34)16-21(35)14-34/h1,4,6-9,15,21,25,27,31H,5,10-14,16-18H2,2H3/t21-,25+,27+,31+,34+/m1/s1/i18D2. The molecule has 3 aliphatic heterocycles. The molecular formula is C34H32F3N5O2. The van der Waals surface area contributed by atoms with Gasteiger partial charge in [-0.25, -0.2) is 13.2 Å². The van der Waals surface area contributed by atoms with E-state index >= 15 is 4.39 Å². The van der Waals surface area contributed by atoms with Gasteiger partial charge in [-0.05, 0) is 37.3 Å². The molecule has 2 aromatic carbocycles. The van der Waals surface area contributed by atoms with Crippen LogP contribution in [-0.4, -0.2) is 83.2 Å². The molecule has 226 valence electrons. The second-order valence-electron chi connectivity index (χ2n) is 12.3. The molecule has 10 heteroatoms. The molecule has 0 N–H and O–H groups in total. The molecule has 1 aliphatic carbocycles. The predicted molar refractivity (Wildman–Crippen MR) is 162 cm³/mol. The zero-order valence-corrected chi connectivity index (χ0v) is 24.2. The molecule has 7 nitrogen and oxygen atoms in total. The topological polar surface area (TPSA) is 63.6 Å². The maximum Gasteiger partial charge on any atom is 0.319 e. The number of halogens is 3. The molecule has 4 aliphatic rings. The fraction of sp³-hybridized carbons (Fsp3) is 0.441. The Morgan fingerprint density at radius 3 is 2.98 bits per heavy atom. The van der Waals surface area contributed by atoms with Crippen LogP contribution in [0.4, 0.5) is 19.0 Å². The van der Waals surface area contributed by atoms with E-state index in [0.29, 0.717) is 42.5 Å². The summed E-state index contributed by atoms with van der Waals surface area (Å²) in [5.41, 5.74) is 0.597.